The first-order valence-corrected chi connectivity index (χ1v) is 8.45. The van der Waals surface area contributed by atoms with Crippen LogP contribution in [0.3, 0.4) is 0 Å². The van der Waals surface area contributed by atoms with Gasteiger partial charge in [0, 0.05) is 19.4 Å². The van der Waals surface area contributed by atoms with Crippen LogP contribution in [0.2, 0.25) is 0 Å². The Hall–Kier alpha value is -0.0800. The lowest BCUT2D eigenvalue weighted by Crippen LogP contribution is -2.34. The summed E-state index contributed by atoms with van der Waals surface area (Å²) in [5, 5.41) is 3.15. The molecule has 0 amide bonds. The fourth-order valence-electron chi connectivity index (χ4n) is 2.98. The van der Waals surface area contributed by atoms with Crippen molar-refractivity contribution in [3.05, 3.63) is 0 Å². The molecule has 1 spiro atoms. The molecule has 3 N–H and O–H groups in total. The van der Waals surface area contributed by atoms with Crippen LogP contribution in [0.15, 0.2) is 4.99 Å². The van der Waals surface area contributed by atoms with Gasteiger partial charge in [-0.15, -0.1) is 24.0 Å². The lowest BCUT2D eigenvalue weighted by molar-refractivity contribution is -0.174. The van der Waals surface area contributed by atoms with E-state index in [1.807, 2.05) is 0 Å². The monoisotopic (exact) mass is 425 g/mol. The molecule has 5 nitrogen and oxygen atoms in total. The van der Waals surface area contributed by atoms with Gasteiger partial charge in [0.2, 0.25) is 0 Å². The SMILES string of the molecule is CC(C)CCNC(N)=NCC1COC2(CCCCCC2)O1.I. The molecule has 2 rings (SSSR count). The number of nitrogens with one attached hydrogen (secondary N) is 1. The van der Waals surface area contributed by atoms with Crippen LogP contribution in [-0.4, -0.2) is 37.5 Å². The van der Waals surface area contributed by atoms with E-state index in [-0.39, 0.29) is 35.9 Å². The fraction of sp³-hybridized carbons (Fsp3) is 0.938. The lowest BCUT2D eigenvalue weighted by atomic mass is 10.1. The van der Waals surface area contributed by atoms with Gasteiger partial charge in [-0.3, -0.25) is 4.99 Å². The van der Waals surface area contributed by atoms with E-state index in [1.54, 1.807) is 0 Å². The number of nitrogens with two attached hydrogens (primary N) is 1. The van der Waals surface area contributed by atoms with Crippen molar-refractivity contribution in [3.63, 3.8) is 0 Å². The molecule has 22 heavy (non-hydrogen) atoms. The predicted molar refractivity (Wildman–Crippen MR) is 101 cm³/mol. The van der Waals surface area contributed by atoms with Gasteiger partial charge in [0.15, 0.2) is 11.7 Å². The Bertz CT molecular complexity index is 342. The number of ether oxygens (including phenoxy) is 2. The molecule has 0 radical (unpaired) electrons. The lowest BCUT2D eigenvalue weighted by Gasteiger charge is -2.26. The molecule has 1 saturated heterocycles. The molecule has 1 heterocycles. The molecule has 2 fully saturated rings. The number of nitrogens with zero attached hydrogens (tertiary/aromatic N) is 1. The summed E-state index contributed by atoms with van der Waals surface area (Å²) in [7, 11) is 0. The summed E-state index contributed by atoms with van der Waals surface area (Å²) in [6, 6.07) is 0. The van der Waals surface area contributed by atoms with E-state index in [0.29, 0.717) is 25.0 Å². The van der Waals surface area contributed by atoms with Gasteiger partial charge in [-0.1, -0.05) is 26.7 Å². The van der Waals surface area contributed by atoms with Crippen molar-refractivity contribution in [2.75, 3.05) is 19.7 Å². The van der Waals surface area contributed by atoms with E-state index in [0.717, 1.165) is 25.8 Å². The third-order valence-corrected chi connectivity index (χ3v) is 4.27. The molecule has 0 aromatic rings. The summed E-state index contributed by atoms with van der Waals surface area (Å²) in [4.78, 5) is 4.38. The van der Waals surface area contributed by atoms with Gasteiger partial charge >= 0.3 is 0 Å². The molecule has 0 bridgehead atoms. The van der Waals surface area contributed by atoms with E-state index >= 15 is 0 Å². The Morgan fingerprint density at radius 2 is 1.95 bits per heavy atom. The highest BCUT2D eigenvalue weighted by Crippen LogP contribution is 2.36. The van der Waals surface area contributed by atoms with E-state index in [4.69, 9.17) is 15.2 Å². The van der Waals surface area contributed by atoms with E-state index in [1.165, 1.54) is 25.7 Å². The third-order valence-electron chi connectivity index (χ3n) is 4.27. The van der Waals surface area contributed by atoms with Crippen molar-refractivity contribution >= 4 is 29.9 Å². The standard InChI is InChI=1S/C16H31N3O2.HI/c1-13(2)7-10-18-15(17)19-11-14-12-20-16(21-14)8-5-3-4-6-9-16;/h13-14H,3-12H2,1-2H3,(H3,17,18,19);1H. The first-order valence-electron chi connectivity index (χ1n) is 8.45. The maximum atomic E-state index is 6.15. The molecule has 0 aromatic heterocycles. The molecule has 1 unspecified atom stereocenters. The smallest absolute Gasteiger partial charge is 0.188 e. The van der Waals surface area contributed by atoms with Crippen LogP contribution in [0.4, 0.5) is 0 Å². The first kappa shape index (κ1) is 20.0. The van der Waals surface area contributed by atoms with Gasteiger partial charge in [-0.25, -0.2) is 0 Å². The number of guanidine groups is 1. The minimum atomic E-state index is -0.323. The van der Waals surface area contributed by atoms with Gasteiger partial charge < -0.3 is 20.5 Å². The highest BCUT2D eigenvalue weighted by atomic mass is 127. The van der Waals surface area contributed by atoms with Gasteiger partial charge in [0.05, 0.1) is 13.2 Å². The molecule has 6 heteroatoms. The third kappa shape index (κ3) is 6.58. The Labute approximate surface area is 151 Å². The maximum absolute atomic E-state index is 6.15. The summed E-state index contributed by atoms with van der Waals surface area (Å²) >= 11 is 0. The quantitative estimate of drug-likeness (QED) is 0.404. The Morgan fingerprint density at radius 1 is 1.27 bits per heavy atom. The summed E-state index contributed by atoms with van der Waals surface area (Å²) in [5.41, 5.74) is 5.88. The van der Waals surface area contributed by atoms with E-state index < -0.39 is 0 Å². The van der Waals surface area contributed by atoms with Crippen LogP contribution in [0.25, 0.3) is 0 Å². The molecule has 2 aliphatic rings. The van der Waals surface area contributed by atoms with Crippen LogP contribution < -0.4 is 11.1 Å². The molecule has 130 valence electrons. The van der Waals surface area contributed by atoms with Crippen molar-refractivity contribution < 1.29 is 9.47 Å². The molecule has 0 aromatic carbocycles. The van der Waals surface area contributed by atoms with Gasteiger partial charge in [0.25, 0.3) is 0 Å². The Morgan fingerprint density at radius 3 is 2.59 bits per heavy atom. The number of hydrogen-bond acceptors (Lipinski definition) is 3. The van der Waals surface area contributed by atoms with Crippen LogP contribution >= 0.6 is 24.0 Å². The number of hydrogen-bond donors (Lipinski definition) is 2. The number of rotatable bonds is 5. The van der Waals surface area contributed by atoms with Crippen molar-refractivity contribution in [3.8, 4) is 0 Å². The number of halogens is 1. The maximum Gasteiger partial charge on any atom is 0.188 e. The Kier molecular flexibility index (Phi) is 9.01. The zero-order chi connectivity index (χ0) is 15.1. The van der Waals surface area contributed by atoms with Crippen LogP contribution in [0, 0.1) is 5.92 Å². The second-order valence-electron chi connectivity index (χ2n) is 6.71. The highest BCUT2D eigenvalue weighted by Gasteiger charge is 2.41. The molecule has 1 aliphatic heterocycles. The highest BCUT2D eigenvalue weighted by molar-refractivity contribution is 14.0. The molecular weight excluding hydrogens is 393 g/mol. The molecular formula is C16H32IN3O2. The summed E-state index contributed by atoms with van der Waals surface area (Å²) in [6.45, 7) is 6.50. The van der Waals surface area contributed by atoms with E-state index in [9.17, 15) is 0 Å². The van der Waals surface area contributed by atoms with Crippen molar-refractivity contribution in [2.24, 2.45) is 16.6 Å². The van der Waals surface area contributed by atoms with Crippen molar-refractivity contribution in [1.82, 2.24) is 5.32 Å². The largest absolute Gasteiger partial charge is 0.370 e. The normalized spacial score (nSPS) is 25.0. The fourth-order valence-corrected chi connectivity index (χ4v) is 2.98. The molecule has 1 aliphatic carbocycles. The average Bonchev–Trinajstić information content (AvgIpc) is 2.68. The van der Waals surface area contributed by atoms with Crippen molar-refractivity contribution in [1.29, 1.82) is 0 Å². The average molecular weight is 425 g/mol. The van der Waals surface area contributed by atoms with E-state index in [2.05, 4.69) is 24.2 Å². The van der Waals surface area contributed by atoms with Gasteiger partial charge in [0.1, 0.15) is 6.10 Å². The van der Waals surface area contributed by atoms with Crippen LogP contribution in [0.1, 0.15) is 58.8 Å². The summed E-state index contributed by atoms with van der Waals surface area (Å²) < 4.78 is 12.1. The van der Waals surface area contributed by atoms with Gasteiger partial charge in [-0.2, -0.15) is 0 Å². The van der Waals surface area contributed by atoms with Crippen molar-refractivity contribution in [2.45, 2.75) is 70.7 Å². The van der Waals surface area contributed by atoms with Crippen LogP contribution in [-0.2, 0) is 9.47 Å². The first-order chi connectivity index (χ1) is 10.1. The van der Waals surface area contributed by atoms with Gasteiger partial charge in [-0.05, 0) is 25.2 Å². The summed E-state index contributed by atoms with van der Waals surface area (Å²) in [6.07, 6.45) is 8.19. The Balaban J connectivity index is 0.00000242. The zero-order valence-corrected chi connectivity index (χ0v) is 16.3. The number of aliphatic imine (C=N–C) groups is 1. The minimum absolute atomic E-state index is 0. The van der Waals surface area contributed by atoms with Crippen LogP contribution in [0.5, 0.6) is 0 Å². The minimum Gasteiger partial charge on any atom is -0.370 e. The molecule has 1 saturated carbocycles. The molecule has 1 atom stereocenters. The predicted octanol–water partition coefficient (Wildman–Crippen LogP) is 3.02. The topological polar surface area (TPSA) is 68.9 Å². The second kappa shape index (κ2) is 9.93. The zero-order valence-electron chi connectivity index (χ0n) is 14.0. The summed E-state index contributed by atoms with van der Waals surface area (Å²) in [5.74, 6) is 0.865. The second-order valence-corrected chi connectivity index (χ2v) is 6.71.